The number of hydrogen-bond acceptors (Lipinski definition) is 5. The Balaban J connectivity index is 2.15. The fraction of sp³-hybridized carbons (Fsp3) is 0.727. The van der Waals surface area contributed by atoms with E-state index in [1.807, 2.05) is 6.92 Å². The molecule has 0 unspecified atom stereocenters. The maximum Gasteiger partial charge on any atom is 0.200 e. The van der Waals surface area contributed by atoms with Crippen molar-refractivity contribution in [3.63, 3.8) is 0 Å². The fourth-order valence-corrected chi connectivity index (χ4v) is 3.78. The number of oxazole rings is 1. The van der Waals surface area contributed by atoms with Gasteiger partial charge in [0, 0.05) is 11.8 Å². The van der Waals surface area contributed by atoms with Crippen LogP contribution in [0.1, 0.15) is 31.4 Å². The van der Waals surface area contributed by atoms with Gasteiger partial charge in [0.1, 0.15) is 16.1 Å². The minimum atomic E-state index is -2.85. The molecule has 0 spiro atoms. The second-order valence-electron chi connectivity index (χ2n) is 4.90. The Labute approximate surface area is 101 Å². The van der Waals surface area contributed by atoms with Crippen LogP contribution < -0.4 is 5.73 Å². The molecule has 2 N–H and O–H groups in total. The van der Waals surface area contributed by atoms with Crippen molar-refractivity contribution in [3.05, 3.63) is 17.8 Å². The molecular formula is C11H18N2O3S. The molecule has 1 aliphatic rings. The molecule has 5 nitrogen and oxygen atoms in total. The third-order valence-electron chi connectivity index (χ3n) is 3.40. The van der Waals surface area contributed by atoms with Crippen LogP contribution in [0.4, 0.5) is 0 Å². The summed E-state index contributed by atoms with van der Waals surface area (Å²) in [6, 6.07) is 0. The number of sulfone groups is 1. The number of aromatic nitrogens is 1. The van der Waals surface area contributed by atoms with Gasteiger partial charge in [-0.05, 0) is 19.4 Å². The summed E-state index contributed by atoms with van der Waals surface area (Å²) in [5.74, 6) is 1.09. The van der Waals surface area contributed by atoms with E-state index in [9.17, 15) is 8.42 Å². The smallest absolute Gasteiger partial charge is 0.200 e. The highest BCUT2D eigenvalue weighted by molar-refractivity contribution is 7.91. The summed E-state index contributed by atoms with van der Waals surface area (Å²) in [7, 11) is -2.85. The highest BCUT2D eigenvalue weighted by Crippen LogP contribution is 2.35. The molecule has 96 valence electrons. The molecule has 6 heteroatoms. The van der Waals surface area contributed by atoms with Crippen LogP contribution in [0, 0.1) is 0 Å². The Morgan fingerprint density at radius 1 is 1.47 bits per heavy atom. The lowest BCUT2D eigenvalue weighted by atomic mass is 9.84. The van der Waals surface area contributed by atoms with Crippen LogP contribution >= 0.6 is 0 Å². The van der Waals surface area contributed by atoms with Crippen molar-refractivity contribution in [2.45, 2.75) is 31.6 Å². The molecule has 2 rings (SSSR count). The topological polar surface area (TPSA) is 86.2 Å². The number of hydrogen-bond donors (Lipinski definition) is 1. The molecule has 1 aromatic heterocycles. The molecule has 0 amide bonds. The highest BCUT2D eigenvalue weighted by atomic mass is 32.2. The number of nitrogens with two attached hydrogens (primary N) is 1. The van der Waals surface area contributed by atoms with Crippen LogP contribution in [0.5, 0.6) is 0 Å². The second-order valence-corrected chi connectivity index (χ2v) is 7.20. The van der Waals surface area contributed by atoms with Crippen LogP contribution in [0.25, 0.3) is 0 Å². The zero-order valence-electron chi connectivity index (χ0n) is 9.98. The molecule has 1 aliphatic heterocycles. The molecule has 1 aromatic rings. The van der Waals surface area contributed by atoms with Gasteiger partial charge < -0.3 is 10.2 Å². The van der Waals surface area contributed by atoms with Gasteiger partial charge in [-0.15, -0.1) is 0 Å². The van der Waals surface area contributed by atoms with Crippen LogP contribution in [0.2, 0.25) is 0 Å². The molecular weight excluding hydrogens is 240 g/mol. The van der Waals surface area contributed by atoms with Crippen molar-refractivity contribution in [1.29, 1.82) is 0 Å². The van der Waals surface area contributed by atoms with Crippen molar-refractivity contribution in [2.75, 3.05) is 18.1 Å². The number of nitrogens with zero attached hydrogens (tertiary/aromatic N) is 1. The standard InChI is InChI=1S/C11H18N2O3S/c1-11(3-6-17(14,15)7-4-11)10-13-9(2-5-12)8-16-10/h8H,2-7,12H2,1H3. The predicted octanol–water partition coefficient (Wildman–Crippen LogP) is 0.642. The molecule has 0 atom stereocenters. The van der Waals surface area contributed by atoms with Gasteiger partial charge in [0.15, 0.2) is 5.89 Å². The SMILES string of the molecule is CC1(c2nc(CCN)co2)CCS(=O)(=O)CC1. The first-order valence-electron chi connectivity index (χ1n) is 5.81. The molecule has 0 radical (unpaired) electrons. The molecule has 0 bridgehead atoms. The van der Waals surface area contributed by atoms with E-state index in [2.05, 4.69) is 4.98 Å². The maximum absolute atomic E-state index is 11.4. The third kappa shape index (κ3) is 2.69. The predicted molar refractivity (Wildman–Crippen MR) is 64.5 cm³/mol. The normalized spacial score (nSPS) is 22.5. The van der Waals surface area contributed by atoms with Gasteiger partial charge in [0.2, 0.25) is 0 Å². The summed E-state index contributed by atoms with van der Waals surface area (Å²) in [5, 5.41) is 0. The molecule has 1 fully saturated rings. The first-order chi connectivity index (χ1) is 7.95. The zero-order chi connectivity index (χ0) is 12.5. The van der Waals surface area contributed by atoms with E-state index in [0.717, 1.165) is 5.69 Å². The van der Waals surface area contributed by atoms with Crippen LogP contribution in [0.3, 0.4) is 0 Å². The van der Waals surface area contributed by atoms with Crippen molar-refractivity contribution in [1.82, 2.24) is 4.98 Å². The minimum Gasteiger partial charge on any atom is -0.448 e. The molecule has 1 saturated heterocycles. The van der Waals surface area contributed by atoms with Gasteiger partial charge in [-0.25, -0.2) is 13.4 Å². The Hall–Kier alpha value is -0.880. The first kappa shape index (κ1) is 12.6. The highest BCUT2D eigenvalue weighted by Gasteiger charge is 2.38. The van der Waals surface area contributed by atoms with E-state index in [-0.39, 0.29) is 16.9 Å². The van der Waals surface area contributed by atoms with Gasteiger partial charge in [-0.3, -0.25) is 0 Å². The summed E-state index contributed by atoms with van der Waals surface area (Å²) in [5.41, 5.74) is 6.05. The van der Waals surface area contributed by atoms with E-state index in [0.29, 0.717) is 31.7 Å². The monoisotopic (exact) mass is 258 g/mol. The Kier molecular flexibility index (Phi) is 3.27. The Morgan fingerprint density at radius 3 is 2.71 bits per heavy atom. The lowest BCUT2D eigenvalue weighted by Gasteiger charge is -2.29. The summed E-state index contributed by atoms with van der Waals surface area (Å²) in [4.78, 5) is 4.40. The lowest BCUT2D eigenvalue weighted by Crippen LogP contribution is -2.34. The van der Waals surface area contributed by atoms with E-state index in [4.69, 9.17) is 10.2 Å². The summed E-state index contributed by atoms with van der Waals surface area (Å²) in [6.07, 6.45) is 3.48. The third-order valence-corrected chi connectivity index (χ3v) is 5.05. The molecule has 0 aromatic carbocycles. The van der Waals surface area contributed by atoms with Gasteiger partial charge in [-0.2, -0.15) is 0 Å². The zero-order valence-corrected chi connectivity index (χ0v) is 10.8. The number of rotatable bonds is 3. The first-order valence-corrected chi connectivity index (χ1v) is 7.63. The van der Waals surface area contributed by atoms with Crippen LogP contribution in [-0.2, 0) is 21.7 Å². The van der Waals surface area contributed by atoms with Crippen molar-refractivity contribution in [2.24, 2.45) is 5.73 Å². The average Bonchev–Trinajstić information content (AvgIpc) is 2.73. The van der Waals surface area contributed by atoms with Crippen molar-refractivity contribution >= 4 is 9.84 Å². The Bertz CT molecular complexity index is 479. The van der Waals surface area contributed by atoms with Gasteiger partial charge in [0.25, 0.3) is 0 Å². The molecule has 0 saturated carbocycles. The lowest BCUT2D eigenvalue weighted by molar-refractivity contribution is 0.318. The molecule has 2 heterocycles. The largest absolute Gasteiger partial charge is 0.448 e. The van der Waals surface area contributed by atoms with Gasteiger partial charge in [-0.1, -0.05) is 6.92 Å². The summed E-state index contributed by atoms with van der Waals surface area (Å²) in [6.45, 7) is 2.55. The summed E-state index contributed by atoms with van der Waals surface area (Å²) >= 11 is 0. The summed E-state index contributed by atoms with van der Waals surface area (Å²) < 4.78 is 28.3. The van der Waals surface area contributed by atoms with E-state index in [1.165, 1.54) is 0 Å². The van der Waals surface area contributed by atoms with Crippen LogP contribution in [0.15, 0.2) is 10.7 Å². The van der Waals surface area contributed by atoms with Crippen LogP contribution in [-0.4, -0.2) is 31.5 Å². The van der Waals surface area contributed by atoms with Gasteiger partial charge >= 0.3 is 0 Å². The Morgan fingerprint density at radius 2 is 2.12 bits per heavy atom. The minimum absolute atomic E-state index is 0.220. The van der Waals surface area contributed by atoms with Crippen molar-refractivity contribution in [3.8, 4) is 0 Å². The van der Waals surface area contributed by atoms with Crippen molar-refractivity contribution < 1.29 is 12.8 Å². The maximum atomic E-state index is 11.4. The quantitative estimate of drug-likeness (QED) is 0.860. The van der Waals surface area contributed by atoms with Gasteiger partial charge in [0.05, 0.1) is 17.2 Å². The molecule has 0 aliphatic carbocycles. The molecule has 17 heavy (non-hydrogen) atoms. The average molecular weight is 258 g/mol. The van der Waals surface area contributed by atoms with E-state index < -0.39 is 9.84 Å². The second kappa shape index (κ2) is 4.42. The van der Waals surface area contributed by atoms with E-state index >= 15 is 0 Å². The fourth-order valence-electron chi connectivity index (χ4n) is 2.05. The van der Waals surface area contributed by atoms with E-state index in [1.54, 1.807) is 6.26 Å².